The van der Waals surface area contributed by atoms with Gasteiger partial charge in [-0.1, -0.05) is 24.3 Å². The first kappa shape index (κ1) is 20.8. The molecule has 2 aromatic rings. The molecule has 0 heterocycles. The van der Waals surface area contributed by atoms with E-state index < -0.39 is 6.04 Å². The summed E-state index contributed by atoms with van der Waals surface area (Å²) >= 11 is 1.60. The summed E-state index contributed by atoms with van der Waals surface area (Å²) in [6.45, 7) is 0.263. The van der Waals surface area contributed by atoms with E-state index in [9.17, 15) is 14.0 Å². The fourth-order valence-electron chi connectivity index (χ4n) is 2.49. The van der Waals surface area contributed by atoms with E-state index in [-0.39, 0.29) is 24.2 Å². The number of hydrogen-bond acceptors (Lipinski definition) is 4. The van der Waals surface area contributed by atoms with Gasteiger partial charge in [0.2, 0.25) is 5.91 Å². The molecule has 0 saturated carbocycles. The molecule has 0 aliphatic heterocycles. The lowest BCUT2D eigenvalue weighted by molar-refractivity contribution is -0.123. The Hall–Kier alpha value is -2.54. The first-order valence-electron chi connectivity index (χ1n) is 8.50. The molecule has 0 aliphatic carbocycles. The zero-order chi connectivity index (χ0) is 19.6. The third kappa shape index (κ3) is 6.29. The monoisotopic (exact) mass is 390 g/mol. The average Bonchev–Trinajstić information content (AvgIpc) is 2.70. The third-order valence-electron chi connectivity index (χ3n) is 3.96. The number of methoxy groups -OCH3 is 1. The second-order valence-electron chi connectivity index (χ2n) is 5.85. The minimum Gasteiger partial charge on any atom is -0.496 e. The number of hydrogen-bond donors (Lipinski definition) is 2. The number of amides is 2. The predicted octanol–water partition coefficient (Wildman–Crippen LogP) is 3.00. The molecule has 5 nitrogen and oxygen atoms in total. The normalized spacial score (nSPS) is 11.5. The number of carbonyl (C=O) groups is 2. The van der Waals surface area contributed by atoms with Gasteiger partial charge in [-0.3, -0.25) is 9.59 Å². The molecule has 0 fully saturated rings. The highest BCUT2D eigenvalue weighted by atomic mass is 32.2. The summed E-state index contributed by atoms with van der Waals surface area (Å²) < 4.78 is 18.2. The summed E-state index contributed by atoms with van der Waals surface area (Å²) in [4.78, 5) is 25.2. The van der Waals surface area contributed by atoms with Gasteiger partial charge in [0, 0.05) is 6.54 Å². The largest absolute Gasteiger partial charge is 0.496 e. The lowest BCUT2D eigenvalue weighted by Crippen LogP contribution is -2.47. The lowest BCUT2D eigenvalue weighted by Gasteiger charge is -2.19. The van der Waals surface area contributed by atoms with Crippen LogP contribution in [0.5, 0.6) is 5.75 Å². The Morgan fingerprint density at radius 2 is 1.85 bits per heavy atom. The molecule has 144 valence electrons. The molecule has 2 rings (SSSR count). The Morgan fingerprint density at radius 3 is 2.52 bits per heavy atom. The van der Waals surface area contributed by atoms with Gasteiger partial charge in [0.25, 0.3) is 5.91 Å². The van der Waals surface area contributed by atoms with Gasteiger partial charge in [-0.15, -0.1) is 0 Å². The van der Waals surface area contributed by atoms with Gasteiger partial charge in [-0.25, -0.2) is 4.39 Å². The highest BCUT2D eigenvalue weighted by Crippen LogP contribution is 2.17. The fourth-order valence-corrected chi connectivity index (χ4v) is 2.96. The van der Waals surface area contributed by atoms with Crippen LogP contribution in [-0.2, 0) is 11.3 Å². The van der Waals surface area contributed by atoms with Gasteiger partial charge in [0.05, 0.1) is 12.7 Å². The topological polar surface area (TPSA) is 67.4 Å². The summed E-state index contributed by atoms with van der Waals surface area (Å²) in [6, 6.07) is 12.1. The first-order valence-corrected chi connectivity index (χ1v) is 9.89. The van der Waals surface area contributed by atoms with Crippen LogP contribution >= 0.6 is 11.8 Å². The van der Waals surface area contributed by atoms with Gasteiger partial charge >= 0.3 is 0 Å². The van der Waals surface area contributed by atoms with Crippen LogP contribution in [0.15, 0.2) is 48.5 Å². The molecule has 0 aliphatic rings. The van der Waals surface area contributed by atoms with Crippen molar-refractivity contribution in [3.63, 3.8) is 0 Å². The Kier molecular flexibility index (Phi) is 8.13. The molecule has 0 bridgehead atoms. The predicted molar refractivity (Wildman–Crippen MR) is 105 cm³/mol. The van der Waals surface area contributed by atoms with Gasteiger partial charge in [-0.2, -0.15) is 11.8 Å². The Morgan fingerprint density at radius 1 is 1.15 bits per heavy atom. The SMILES string of the molecule is COc1ccccc1C(=O)N[C@@H](CCSC)C(=O)NCc1ccc(F)cc1. The highest BCUT2D eigenvalue weighted by Gasteiger charge is 2.22. The molecule has 2 amide bonds. The lowest BCUT2D eigenvalue weighted by atomic mass is 10.1. The molecule has 2 aromatic carbocycles. The number of halogens is 1. The summed E-state index contributed by atoms with van der Waals surface area (Å²) in [5.74, 6) is 0.199. The average molecular weight is 390 g/mol. The van der Waals surface area contributed by atoms with Crippen molar-refractivity contribution in [1.82, 2.24) is 10.6 Å². The van der Waals surface area contributed by atoms with E-state index in [1.165, 1.54) is 19.2 Å². The van der Waals surface area contributed by atoms with Crippen LogP contribution in [0.1, 0.15) is 22.3 Å². The van der Waals surface area contributed by atoms with Crippen molar-refractivity contribution >= 4 is 23.6 Å². The smallest absolute Gasteiger partial charge is 0.255 e. The Labute approximate surface area is 162 Å². The molecular weight excluding hydrogens is 367 g/mol. The molecule has 1 atom stereocenters. The van der Waals surface area contributed by atoms with Crippen molar-refractivity contribution < 1.29 is 18.7 Å². The number of rotatable bonds is 9. The number of para-hydroxylation sites is 1. The molecule has 0 aromatic heterocycles. The second-order valence-corrected chi connectivity index (χ2v) is 6.84. The zero-order valence-electron chi connectivity index (χ0n) is 15.3. The van der Waals surface area contributed by atoms with Crippen molar-refractivity contribution in [2.45, 2.75) is 19.0 Å². The maximum Gasteiger partial charge on any atom is 0.255 e. The van der Waals surface area contributed by atoms with Crippen LogP contribution in [0, 0.1) is 5.82 Å². The first-order chi connectivity index (χ1) is 13.0. The molecular formula is C20H23FN2O3S. The molecule has 7 heteroatoms. The van der Waals surface area contributed by atoms with E-state index in [4.69, 9.17) is 4.74 Å². The summed E-state index contributed by atoms with van der Waals surface area (Å²) in [5, 5.41) is 5.58. The standard InChI is InChI=1S/C20H23FN2O3S/c1-26-18-6-4-3-5-16(18)19(24)23-17(11-12-27-2)20(25)22-13-14-7-9-15(21)10-8-14/h3-10,17H,11-13H2,1-2H3,(H,22,25)(H,23,24)/t17-/m0/s1. The minimum absolute atomic E-state index is 0.263. The van der Waals surface area contributed by atoms with Crippen LogP contribution in [0.25, 0.3) is 0 Å². The zero-order valence-corrected chi connectivity index (χ0v) is 16.1. The van der Waals surface area contributed by atoms with Crippen molar-refractivity contribution in [2.24, 2.45) is 0 Å². The van der Waals surface area contributed by atoms with E-state index in [0.717, 1.165) is 11.3 Å². The molecule has 2 N–H and O–H groups in total. The number of ether oxygens (including phenoxy) is 1. The van der Waals surface area contributed by atoms with Gasteiger partial charge in [-0.05, 0) is 48.3 Å². The number of benzene rings is 2. The van der Waals surface area contributed by atoms with Crippen LogP contribution in [-0.4, -0.2) is 37.0 Å². The van der Waals surface area contributed by atoms with E-state index in [1.54, 1.807) is 48.2 Å². The maximum atomic E-state index is 13.0. The number of nitrogens with one attached hydrogen (secondary N) is 2. The molecule has 0 spiro atoms. The van der Waals surface area contributed by atoms with E-state index in [0.29, 0.717) is 17.7 Å². The van der Waals surface area contributed by atoms with Crippen molar-refractivity contribution in [1.29, 1.82) is 0 Å². The third-order valence-corrected chi connectivity index (χ3v) is 4.61. The summed E-state index contributed by atoms with van der Waals surface area (Å²) in [5.41, 5.74) is 1.16. The van der Waals surface area contributed by atoms with E-state index in [1.807, 2.05) is 6.26 Å². The van der Waals surface area contributed by atoms with Crippen molar-refractivity contribution in [3.05, 3.63) is 65.5 Å². The van der Waals surface area contributed by atoms with Crippen LogP contribution in [0.3, 0.4) is 0 Å². The maximum absolute atomic E-state index is 13.0. The van der Waals surface area contributed by atoms with Crippen LogP contribution in [0.4, 0.5) is 4.39 Å². The van der Waals surface area contributed by atoms with Gasteiger partial charge in [0.15, 0.2) is 0 Å². The van der Waals surface area contributed by atoms with Gasteiger partial charge in [0.1, 0.15) is 17.6 Å². The van der Waals surface area contributed by atoms with Gasteiger partial charge < -0.3 is 15.4 Å². The minimum atomic E-state index is -0.671. The summed E-state index contributed by atoms with van der Waals surface area (Å²) in [7, 11) is 1.49. The van der Waals surface area contributed by atoms with E-state index >= 15 is 0 Å². The highest BCUT2D eigenvalue weighted by molar-refractivity contribution is 7.98. The van der Waals surface area contributed by atoms with Crippen molar-refractivity contribution in [3.8, 4) is 5.75 Å². The molecule has 0 unspecified atom stereocenters. The van der Waals surface area contributed by atoms with Crippen LogP contribution < -0.4 is 15.4 Å². The van der Waals surface area contributed by atoms with Crippen LogP contribution in [0.2, 0.25) is 0 Å². The number of thioether (sulfide) groups is 1. The Balaban J connectivity index is 2.03. The van der Waals surface area contributed by atoms with E-state index in [2.05, 4.69) is 10.6 Å². The second kappa shape index (κ2) is 10.6. The summed E-state index contributed by atoms with van der Waals surface area (Å²) in [6.07, 6.45) is 2.44. The fraction of sp³-hybridized carbons (Fsp3) is 0.300. The number of carbonyl (C=O) groups excluding carboxylic acids is 2. The molecule has 0 radical (unpaired) electrons. The van der Waals surface area contributed by atoms with Crippen molar-refractivity contribution in [2.75, 3.05) is 19.1 Å². The Bertz CT molecular complexity index is 768. The molecule has 0 saturated heterocycles. The molecule has 27 heavy (non-hydrogen) atoms. The quantitative estimate of drug-likeness (QED) is 0.691.